The second-order valence-electron chi connectivity index (χ2n) is 4.09. The van der Waals surface area contributed by atoms with E-state index in [0.29, 0.717) is 0 Å². The number of nitrogens with one attached hydrogen (secondary N) is 1. The fraction of sp³-hybridized carbons (Fsp3) is 0.462. The lowest BCUT2D eigenvalue weighted by Gasteiger charge is -2.18. The minimum absolute atomic E-state index is 0.0434. The van der Waals surface area contributed by atoms with Crippen molar-refractivity contribution in [2.45, 2.75) is 25.4 Å². The molecule has 1 heterocycles. The number of ether oxygens (including phenoxy) is 2. The van der Waals surface area contributed by atoms with E-state index in [0.717, 1.165) is 4.88 Å². The van der Waals surface area contributed by atoms with E-state index in [1.54, 1.807) is 19.1 Å². The molecule has 3 N–H and O–H groups in total. The molecule has 0 aliphatic heterocycles. The summed E-state index contributed by atoms with van der Waals surface area (Å²) in [6.07, 6.45) is -0.0434. The van der Waals surface area contributed by atoms with Crippen LogP contribution in [-0.2, 0) is 23.9 Å². The first kappa shape index (κ1) is 17.1. The maximum absolute atomic E-state index is 12.0. The van der Waals surface area contributed by atoms with Gasteiger partial charge in [-0.1, -0.05) is 6.07 Å². The topological polar surface area (TPSA) is 108 Å². The molecule has 8 heteroatoms. The Hall–Kier alpha value is -1.93. The summed E-state index contributed by atoms with van der Waals surface area (Å²) in [6, 6.07) is 1.55. The Balaban J connectivity index is 2.74. The highest BCUT2D eigenvalue weighted by Gasteiger charge is 2.27. The van der Waals surface area contributed by atoms with Crippen molar-refractivity contribution in [1.29, 1.82) is 0 Å². The Morgan fingerprint density at radius 1 is 1.43 bits per heavy atom. The Bertz CT molecular complexity index is 489. The van der Waals surface area contributed by atoms with Crippen molar-refractivity contribution in [2.24, 2.45) is 5.73 Å². The fourth-order valence-electron chi connectivity index (χ4n) is 1.56. The number of amides is 1. The van der Waals surface area contributed by atoms with Gasteiger partial charge < -0.3 is 20.5 Å². The summed E-state index contributed by atoms with van der Waals surface area (Å²) in [5, 5.41) is 4.39. The van der Waals surface area contributed by atoms with Crippen molar-refractivity contribution < 1.29 is 23.9 Å². The summed E-state index contributed by atoms with van der Waals surface area (Å²) in [5.41, 5.74) is 5.51. The number of hydrogen-bond acceptors (Lipinski definition) is 7. The second kappa shape index (κ2) is 8.38. The smallest absolute Gasteiger partial charge is 0.332 e. The summed E-state index contributed by atoms with van der Waals surface area (Å²) in [5.74, 6) is -1.98. The Morgan fingerprint density at radius 3 is 2.67 bits per heavy atom. The van der Waals surface area contributed by atoms with E-state index in [4.69, 9.17) is 5.73 Å². The Labute approximate surface area is 126 Å². The molecule has 0 bridgehead atoms. The van der Waals surface area contributed by atoms with Crippen molar-refractivity contribution >= 4 is 29.2 Å². The molecule has 1 aromatic heterocycles. The SMILES string of the molecule is CCOC(=O)C(N)C(=O)NC(CC(=O)OC)c1cccs1. The lowest BCUT2D eigenvalue weighted by Crippen LogP contribution is -2.48. The summed E-state index contributed by atoms with van der Waals surface area (Å²) < 4.78 is 9.28. The van der Waals surface area contributed by atoms with E-state index in [1.165, 1.54) is 18.4 Å². The van der Waals surface area contributed by atoms with E-state index >= 15 is 0 Å². The van der Waals surface area contributed by atoms with Gasteiger partial charge in [-0.25, -0.2) is 4.79 Å². The molecule has 0 aliphatic rings. The first-order valence-corrected chi connectivity index (χ1v) is 7.20. The van der Waals surface area contributed by atoms with E-state index in [-0.39, 0.29) is 13.0 Å². The average molecular weight is 314 g/mol. The predicted octanol–water partition coefficient (Wildman–Crippen LogP) is 0.359. The molecule has 0 radical (unpaired) electrons. The molecule has 2 atom stereocenters. The van der Waals surface area contributed by atoms with Gasteiger partial charge in [0.05, 0.1) is 26.2 Å². The average Bonchev–Trinajstić information content (AvgIpc) is 2.99. The van der Waals surface area contributed by atoms with Crippen LogP contribution in [0.25, 0.3) is 0 Å². The number of thiophene rings is 1. The molecule has 1 amide bonds. The summed E-state index contributed by atoms with van der Waals surface area (Å²) in [7, 11) is 1.26. The van der Waals surface area contributed by atoms with Gasteiger partial charge in [0.15, 0.2) is 6.04 Å². The molecule has 2 unspecified atom stereocenters. The molecule has 7 nitrogen and oxygen atoms in total. The van der Waals surface area contributed by atoms with E-state index in [1.807, 2.05) is 5.38 Å². The van der Waals surface area contributed by atoms with E-state index in [2.05, 4.69) is 14.8 Å². The zero-order valence-electron chi connectivity index (χ0n) is 11.8. The number of methoxy groups -OCH3 is 1. The van der Waals surface area contributed by atoms with Crippen LogP contribution in [0.1, 0.15) is 24.3 Å². The van der Waals surface area contributed by atoms with Crippen molar-refractivity contribution in [3.63, 3.8) is 0 Å². The number of esters is 2. The molecule has 0 spiro atoms. The van der Waals surface area contributed by atoms with Crippen molar-refractivity contribution in [3.05, 3.63) is 22.4 Å². The number of nitrogens with two attached hydrogens (primary N) is 1. The van der Waals surface area contributed by atoms with Crippen LogP contribution in [0.15, 0.2) is 17.5 Å². The molecule has 1 rings (SSSR count). The van der Waals surface area contributed by atoms with E-state index in [9.17, 15) is 14.4 Å². The van der Waals surface area contributed by atoms with Gasteiger partial charge in [0.25, 0.3) is 0 Å². The highest BCUT2D eigenvalue weighted by molar-refractivity contribution is 7.10. The van der Waals surface area contributed by atoms with Gasteiger partial charge in [0.1, 0.15) is 0 Å². The number of rotatable bonds is 7. The zero-order chi connectivity index (χ0) is 15.8. The van der Waals surface area contributed by atoms with Crippen LogP contribution in [0.3, 0.4) is 0 Å². The Morgan fingerprint density at radius 2 is 2.14 bits per heavy atom. The maximum atomic E-state index is 12.0. The maximum Gasteiger partial charge on any atom is 0.332 e. The molecule has 0 aliphatic carbocycles. The zero-order valence-corrected chi connectivity index (χ0v) is 12.6. The minimum atomic E-state index is -1.43. The monoisotopic (exact) mass is 314 g/mol. The number of hydrogen-bond donors (Lipinski definition) is 2. The third-order valence-corrected chi connectivity index (χ3v) is 3.61. The summed E-state index contributed by atoms with van der Waals surface area (Å²) in [4.78, 5) is 35.6. The third kappa shape index (κ3) is 5.16. The van der Waals surface area contributed by atoms with Crippen LogP contribution < -0.4 is 11.1 Å². The van der Waals surface area contributed by atoms with Gasteiger partial charge in [-0.05, 0) is 18.4 Å². The number of carbonyl (C=O) groups excluding carboxylic acids is 3. The summed E-state index contributed by atoms with van der Waals surface area (Å²) >= 11 is 1.38. The lowest BCUT2D eigenvalue weighted by molar-refractivity contribution is -0.148. The van der Waals surface area contributed by atoms with Gasteiger partial charge >= 0.3 is 11.9 Å². The van der Waals surface area contributed by atoms with Gasteiger partial charge in [-0.2, -0.15) is 0 Å². The van der Waals surface area contributed by atoms with Crippen molar-refractivity contribution in [1.82, 2.24) is 5.32 Å². The summed E-state index contributed by atoms with van der Waals surface area (Å²) in [6.45, 7) is 1.75. The third-order valence-electron chi connectivity index (χ3n) is 2.62. The minimum Gasteiger partial charge on any atom is -0.469 e. The molecule has 0 saturated heterocycles. The lowest BCUT2D eigenvalue weighted by atomic mass is 10.1. The number of carbonyl (C=O) groups is 3. The van der Waals surface area contributed by atoms with Crippen LogP contribution >= 0.6 is 11.3 Å². The molecule has 0 aromatic carbocycles. The fourth-order valence-corrected chi connectivity index (χ4v) is 2.34. The van der Waals surface area contributed by atoms with Crippen LogP contribution in [0.5, 0.6) is 0 Å². The largest absolute Gasteiger partial charge is 0.469 e. The van der Waals surface area contributed by atoms with Crippen LogP contribution in [-0.4, -0.2) is 37.6 Å². The highest BCUT2D eigenvalue weighted by atomic mass is 32.1. The molecule has 0 fully saturated rings. The first-order valence-electron chi connectivity index (χ1n) is 6.32. The Kier molecular flexibility index (Phi) is 6.83. The molecular formula is C13H18N2O5S. The standard InChI is InChI=1S/C13H18N2O5S/c1-3-20-13(18)11(14)12(17)15-8(7-10(16)19-2)9-5-4-6-21-9/h4-6,8,11H,3,7,14H2,1-2H3,(H,15,17). The highest BCUT2D eigenvalue weighted by Crippen LogP contribution is 2.22. The van der Waals surface area contributed by atoms with Gasteiger partial charge in [0, 0.05) is 4.88 Å². The first-order chi connectivity index (χ1) is 9.99. The van der Waals surface area contributed by atoms with Crippen LogP contribution in [0, 0.1) is 0 Å². The van der Waals surface area contributed by atoms with Gasteiger partial charge in [0.2, 0.25) is 5.91 Å². The van der Waals surface area contributed by atoms with Crippen LogP contribution in [0.4, 0.5) is 0 Å². The van der Waals surface area contributed by atoms with Gasteiger partial charge in [-0.15, -0.1) is 11.3 Å². The normalized spacial score (nSPS) is 13.1. The predicted molar refractivity (Wildman–Crippen MR) is 76.4 cm³/mol. The molecule has 0 saturated carbocycles. The molecule has 116 valence electrons. The quantitative estimate of drug-likeness (QED) is 0.556. The van der Waals surface area contributed by atoms with Gasteiger partial charge in [-0.3, -0.25) is 9.59 Å². The molecular weight excluding hydrogens is 296 g/mol. The molecule has 21 heavy (non-hydrogen) atoms. The van der Waals surface area contributed by atoms with Crippen LogP contribution in [0.2, 0.25) is 0 Å². The van der Waals surface area contributed by atoms with Crippen molar-refractivity contribution in [2.75, 3.05) is 13.7 Å². The molecule has 1 aromatic rings. The second-order valence-corrected chi connectivity index (χ2v) is 5.07. The van der Waals surface area contributed by atoms with E-state index < -0.39 is 29.9 Å². The van der Waals surface area contributed by atoms with Crippen molar-refractivity contribution in [3.8, 4) is 0 Å².